The summed E-state index contributed by atoms with van der Waals surface area (Å²) >= 11 is 0. The van der Waals surface area contributed by atoms with Crippen molar-refractivity contribution in [2.24, 2.45) is 5.92 Å². The number of fused-ring (bicyclic) bond motifs is 1. The number of aryl methyl sites for hydroxylation is 2. The zero-order valence-corrected chi connectivity index (χ0v) is 18.5. The molecule has 0 aromatic heterocycles. The molecule has 4 rings (SSSR count). The molecule has 1 aromatic carbocycles. The molecule has 3 aliphatic rings. The number of rotatable bonds is 6. The van der Waals surface area contributed by atoms with Crippen molar-refractivity contribution < 1.29 is 13.2 Å². The van der Waals surface area contributed by atoms with E-state index in [0.717, 1.165) is 25.2 Å². The highest BCUT2D eigenvalue weighted by Crippen LogP contribution is 2.34. The van der Waals surface area contributed by atoms with Gasteiger partial charge < -0.3 is 4.90 Å². The third-order valence-electron chi connectivity index (χ3n) is 6.93. The van der Waals surface area contributed by atoms with Gasteiger partial charge in [0.2, 0.25) is 15.9 Å². The van der Waals surface area contributed by atoms with Crippen LogP contribution in [0.3, 0.4) is 0 Å². The van der Waals surface area contributed by atoms with Gasteiger partial charge in [-0.25, -0.2) is 8.42 Å². The number of likely N-dealkylation sites (N-methyl/N-ethyl adjacent to an activating group) is 1. The van der Waals surface area contributed by atoms with E-state index in [9.17, 15) is 13.2 Å². The summed E-state index contributed by atoms with van der Waals surface area (Å²) in [6.07, 6.45) is 6.85. The van der Waals surface area contributed by atoms with Crippen LogP contribution < -0.4 is 0 Å². The van der Waals surface area contributed by atoms with Gasteiger partial charge in [-0.15, -0.1) is 0 Å². The Labute approximate surface area is 174 Å². The molecule has 1 saturated heterocycles. The number of benzene rings is 1. The van der Waals surface area contributed by atoms with E-state index >= 15 is 0 Å². The van der Waals surface area contributed by atoms with Crippen LogP contribution in [0.4, 0.5) is 0 Å². The Bertz CT molecular complexity index is 858. The van der Waals surface area contributed by atoms with E-state index in [0.29, 0.717) is 43.7 Å². The topological polar surface area (TPSA) is 60.9 Å². The van der Waals surface area contributed by atoms with Crippen LogP contribution in [0.5, 0.6) is 0 Å². The summed E-state index contributed by atoms with van der Waals surface area (Å²) in [5, 5.41) is 0. The van der Waals surface area contributed by atoms with E-state index in [-0.39, 0.29) is 5.91 Å². The van der Waals surface area contributed by atoms with E-state index in [1.54, 1.807) is 6.07 Å². The monoisotopic (exact) mass is 419 g/mol. The van der Waals surface area contributed by atoms with Gasteiger partial charge in [0.25, 0.3) is 0 Å². The molecule has 2 fully saturated rings. The third-order valence-corrected chi connectivity index (χ3v) is 8.83. The lowest BCUT2D eigenvalue weighted by Crippen LogP contribution is -2.52. The quantitative estimate of drug-likeness (QED) is 0.709. The molecule has 1 aromatic rings. The first-order valence-electron chi connectivity index (χ1n) is 11.0. The molecule has 0 bridgehead atoms. The summed E-state index contributed by atoms with van der Waals surface area (Å²) in [7, 11) is -1.49. The number of amides is 1. The van der Waals surface area contributed by atoms with E-state index in [1.165, 1.54) is 34.7 Å². The van der Waals surface area contributed by atoms with E-state index < -0.39 is 10.0 Å². The zero-order valence-electron chi connectivity index (χ0n) is 17.6. The number of hydrogen-bond acceptors (Lipinski definition) is 4. The average Bonchev–Trinajstić information content (AvgIpc) is 3.58. The fourth-order valence-corrected chi connectivity index (χ4v) is 6.07. The second-order valence-corrected chi connectivity index (χ2v) is 10.9. The lowest BCUT2D eigenvalue weighted by Gasteiger charge is -2.35. The molecule has 1 saturated carbocycles. The van der Waals surface area contributed by atoms with E-state index in [1.807, 2.05) is 24.1 Å². The smallest absolute Gasteiger partial charge is 0.243 e. The Morgan fingerprint density at radius 2 is 1.76 bits per heavy atom. The molecule has 0 N–H and O–H groups in total. The maximum atomic E-state index is 13.1. The molecule has 7 heteroatoms. The van der Waals surface area contributed by atoms with E-state index in [2.05, 4.69) is 11.8 Å². The van der Waals surface area contributed by atoms with Crippen LogP contribution in [0.15, 0.2) is 23.1 Å². The van der Waals surface area contributed by atoms with Crippen LogP contribution in [0.1, 0.15) is 43.7 Å². The average molecular weight is 420 g/mol. The second-order valence-electron chi connectivity index (χ2n) is 8.92. The SMILES string of the molecule is C[C@@H](C1CC1)N(C)CC(=O)N1CCN(S(=O)(=O)c2ccc3c(c2)CCCC3)CC1. The molecule has 1 amide bonds. The van der Waals surface area contributed by atoms with Crippen molar-refractivity contribution in [2.75, 3.05) is 39.8 Å². The summed E-state index contributed by atoms with van der Waals surface area (Å²) < 4.78 is 27.8. The van der Waals surface area contributed by atoms with Crippen molar-refractivity contribution in [3.63, 3.8) is 0 Å². The van der Waals surface area contributed by atoms with Crippen LogP contribution in [0, 0.1) is 5.92 Å². The highest BCUT2D eigenvalue weighted by molar-refractivity contribution is 7.89. The normalized spacial score (nSPS) is 21.8. The molecule has 0 spiro atoms. The predicted molar refractivity (Wildman–Crippen MR) is 113 cm³/mol. The van der Waals surface area contributed by atoms with Crippen molar-refractivity contribution in [1.82, 2.24) is 14.1 Å². The van der Waals surface area contributed by atoms with Crippen molar-refractivity contribution in [3.8, 4) is 0 Å². The summed E-state index contributed by atoms with van der Waals surface area (Å²) in [5.74, 6) is 0.831. The molecule has 1 aliphatic heterocycles. The Morgan fingerprint density at radius 1 is 1.10 bits per heavy atom. The van der Waals surface area contributed by atoms with Crippen molar-refractivity contribution in [2.45, 2.75) is 56.4 Å². The Hall–Kier alpha value is -1.44. The number of piperazine rings is 1. The number of hydrogen-bond donors (Lipinski definition) is 0. The van der Waals surface area contributed by atoms with Crippen LogP contribution in [0.25, 0.3) is 0 Å². The summed E-state index contributed by atoms with van der Waals surface area (Å²) in [5.41, 5.74) is 2.47. The van der Waals surface area contributed by atoms with Gasteiger partial charge in [0, 0.05) is 32.2 Å². The van der Waals surface area contributed by atoms with Gasteiger partial charge in [0.15, 0.2) is 0 Å². The summed E-state index contributed by atoms with van der Waals surface area (Å²) in [6, 6.07) is 6.04. The Morgan fingerprint density at radius 3 is 2.41 bits per heavy atom. The standard InChI is InChI=1S/C22H33N3O3S/c1-17(18-7-8-18)23(2)16-22(26)24-11-13-25(14-12-24)29(27,28)21-10-9-19-5-3-4-6-20(19)15-21/h9-10,15,17-18H,3-8,11-14,16H2,1-2H3/t17-/m0/s1. The first-order valence-corrected chi connectivity index (χ1v) is 12.4. The first-order chi connectivity index (χ1) is 13.9. The molecule has 0 unspecified atom stereocenters. The van der Waals surface area contributed by atoms with Crippen molar-refractivity contribution in [1.29, 1.82) is 0 Å². The zero-order chi connectivity index (χ0) is 20.6. The fraction of sp³-hybridized carbons (Fsp3) is 0.682. The fourth-order valence-electron chi connectivity index (χ4n) is 4.59. The molecular weight excluding hydrogens is 386 g/mol. The number of nitrogens with zero attached hydrogens (tertiary/aromatic N) is 3. The van der Waals surface area contributed by atoms with Crippen molar-refractivity contribution >= 4 is 15.9 Å². The summed E-state index contributed by atoms with van der Waals surface area (Å²) in [4.78, 5) is 17.0. The number of sulfonamides is 1. The Kier molecular flexibility index (Phi) is 6.00. The highest BCUT2D eigenvalue weighted by Gasteiger charge is 2.33. The van der Waals surface area contributed by atoms with Crippen LogP contribution in [-0.2, 0) is 27.7 Å². The lowest BCUT2D eigenvalue weighted by atomic mass is 9.92. The molecule has 0 radical (unpaired) electrons. The minimum absolute atomic E-state index is 0.103. The van der Waals surface area contributed by atoms with Gasteiger partial charge in [-0.05, 0) is 81.7 Å². The van der Waals surface area contributed by atoms with Crippen molar-refractivity contribution in [3.05, 3.63) is 29.3 Å². The van der Waals surface area contributed by atoms with Crippen LogP contribution in [0.2, 0.25) is 0 Å². The summed E-state index contributed by atoms with van der Waals surface area (Å²) in [6.45, 7) is 4.27. The first kappa shape index (κ1) is 20.8. The maximum absolute atomic E-state index is 13.1. The predicted octanol–water partition coefficient (Wildman–Crippen LogP) is 2.13. The second kappa shape index (κ2) is 8.36. The highest BCUT2D eigenvalue weighted by atomic mass is 32.2. The molecule has 1 heterocycles. The molecule has 6 nitrogen and oxygen atoms in total. The maximum Gasteiger partial charge on any atom is 0.243 e. The third kappa shape index (κ3) is 4.52. The van der Waals surface area contributed by atoms with E-state index in [4.69, 9.17) is 0 Å². The van der Waals surface area contributed by atoms with Gasteiger partial charge >= 0.3 is 0 Å². The van der Waals surface area contributed by atoms with Gasteiger partial charge in [-0.2, -0.15) is 4.31 Å². The molecule has 2 aliphatic carbocycles. The largest absolute Gasteiger partial charge is 0.339 e. The van der Waals surface area contributed by atoms with Gasteiger partial charge in [-0.3, -0.25) is 9.69 Å². The lowest BCUT2D eigenvalue weighted by molar-refractivity contribution is -0.133. The van der Waals surface area contributed by atoms with Gasteiger partial charge in [0.1, 0.15) is 0 Å². The minimum atomic E-state index is -3.50. The molecular formula is C22H33N3O3S. The molecule has 29 heavy (non-hydrogen) atoms. The number of carbonyl (C=O) groups is 1. The molecule has 1 atom stereocenters. The van der Waals surface area contributed by atoms with Crippen LogP contribution >= 0.6 is 0 Å². The molecule has 160 valence electrons. The minimum Gasteiger partial charge on any atom is -0.339 e. The van der Waals surface area contributed by atoms with Gasteiger partial charge in [-0.1, -0.05) is 6.07 Å². The number of carbonyl (C=O) groups excluding carboxylic acids is 1. The van der Waals surface area contributed by atoms with Crippen LogP contribution in [-0.4, -0.2) is 74.2 Å². The van der Waals surface area contributed by atoms with Gasteiger partial charge in [0.05, 0.1) is 11.4 Å². The Balaban J connectivity index is 1.35.